The summed E-state index contributed by atoms with van der Waals surface area (Å²) in [6.07, 6.45) is 0. The van der Waals surface area contributed by atoms with Crippen molar-refractivity contribution in [3.63, 3.8) is 0 Å². The highest BCUT2D eigenvalue weighted by Crippen LogP contribution is 2.75. The highest BCUT2D eigenvalue weighted by molar-refractivity contribution is 6.10. The number of aromatic hydroxyl groups is 12. The third-order valence-corrected chi connectivity index (χ3v) is 15.7. The number of hydrogen-bond donors (Lipinski definition) is 12. The molecule has 12 nitrogen and oxygen atoms in total. The first kappa shape index (κ1) is 44.7. The van der Waals surface area contributed by atoms with E-state index >= 15 is 0 Å². The quantitative estimate of drug-likeness (QED) is 0.0745. The molecule has 12 N–H and O–H groups in total. The van der Waals surface area contributed by atoms with Crippen molar-refractivity contribution in [1.29, 1.82) is 0 Å². The molecule has 75 heavy (non-hydrogen) atoms. The normalized spacial score (nSPS) is 14.6. The van der Waals surface area contributed by atoms with E-state index in [9.17, 15) is 61.3 Å². The second-order valence-corrected chi connectivity index (χ2v) is 19.3. The Bertz CT molecular complexity index is 3540. The van der Waals surface area contributed by atoms with Crippen LogP contribution in [0.1, 0.15) is 66.8 Å². The molecule has 0 heterocycles. The minimum Gasteiger partial charge on any atom is -0.508 e. The van der Waals surface area contributed by atoms with Crippen LogP contribution in [0.4, 0.5) is 0 Å². The average molecular weight is 991 g/mol. The van der Waals surface area contributed by atoms with Crippen molar-refractivity contribution >= 4 is 0 Å². The summed E-state index contributed by atoms with van der Waals surface area (Å²) < 4.78 is 0. The summed E-state index contributed by atoms with van der Waals surface area (Å²) in [5, 5.41) is 142. The van der Waals surface area contributed by atoms with E-state index in [0.717, 1.165) is 0 Å². The van der Waals surface area contributed by atoms with Crippen LogP contribution in [0.15, 0.2) is 182 Å². The molecule has 3 aliphatic carbocycles. The SMILES string of the molecule is Oc1ccc(C2(c3ccc(O)cc3O)c3ccccc3-c3c2c2c(c4c3C(c3ccc(O)cc3O)(c3ccc(O)cc3O)c3ccccc3-4)C(c3ccc(O)cc3O)(c3ccc(O)cc3O)c3ccccc3-2)c(O)c1. The monoisotopic (exact) mass is 990 g/mol. The molecule has 0 amide bonds. The minimum atomic E-state index is -1.87. The number of phenols is 12. The van der Waals surface area contributed by atoms with Gasteiger partial charge in [-0.3, -0.25) is 0 Å². The zero-order valence-corrected chi connectivity index (χ0v) is 39.2. The molecule has 0 radical (unpaired) electrons. The Balaban J connectivity index is 1.42. The van der Waals surface area contributed by atoms with E-state index in [4.69, 9.17) is 0 Å². The standard InChI is InChI=1S/C63H42O12/c64-31-13-19-43(49(70)25-31)61(44-20-14-32(65)26-50(44)71)40-10-4-1-7-37(40)55-58(61)56-39-9-3-6-12-42(39)63(47-23-17-35(68)29-53(47)74,48-24-18-36(69)30-54(48)75)60(56)57-38-8-2-5-11-41(38)62(59(55)57,45-21-15-33(66)27-51(45)72)46-22-16-34(67)28-52(46)73/h1-30,64-75H. The van der Waals surface area contributed by atoms with Crippen molar-refractivity contribution in [2.45, 2.75) is 16.2 Å². The van der Waals surface area contributed by atoms with Crippen LogP contribution in [-0.2, 0) is 16.2 Å². The molecule has 13 rings (SSSR count). The van der Waals surface area contributed by atoms with Crippen molar-refractivity contribution in [3.8, 4) is 102 Å². The third kappa shape index (κ3) is 5.59. The molecule has 0 aliphatic heterocycles. The Morgan fingerprint density at radius 3 is 0.573 bits per heavy atom. The fourth-order valence-corrected chi connectivity index (χ4v) is 13.3. The van der Waals surface area contributed by atoms with Gasteiger partial charge < -0.3 is 61.3 Å². The van der Waals surface area contributed by atoms with Crippen LogP contribution in [0.25, 0.3) is 33.4 Å². The van der Waals surface area contributed by atoms with E-state index < -0.39 is 50.7 Å². The second kappa shape index (κ2) is 15.4. The molecule has 10 aromatic rings. The summed E-state index contributed by atoms with van der Waals surface area (Å²) in [6, 6.07) is 46.9. The fraction of sp³-hybridized carbons (Fsp3) is 0.0476. The van der Waals surface area contributed by atoms with Crippen molar-refractivity contribution in [2.24, 2.45) is 0 Å². The van der Waals surface area contributed by atoms with Crippen LogP contribution < -0.4 is 0 Å². The topological polar surface area (TPSA) is 243 Å². The van der Waals surface area contributed by atoms with Gasteiger partial charge in [-0.05, 0) is 103 Å². The van der Waals surface area contributed by atoms with Gasteiger partial charge >= 0.3 is 0 Å². The Labute approximate surface area is 427 Å². The van der Waals surface area contributed by atoms with Gasteiger partial charge in [0, 0.05) is 69.8 Å². The maximum atomic E-state index is 12.6. The molecular formula is C63H42O12. The summed E-state index contributed by atoms with van der Waals surface area (Å²) in [7, 11) is 0. The first-order valence-corrected chi connectivity index (χ1v) is 23.8. The van der Waals surface area contributed by atoms with Crippen molar-refractivity contribution in [3.05, 3.63) is 249 Å². The van der Waals surface area contributed by atoms with Gasteiger partial charge in [-0.1, -0.05) is 109 Å². The smallest absolute Gasteiger partial charge is 0.124 e. The highest BCUT2D eigenvalue weighted by Gasteiger charge is 2.63. The summed E-state index contributed by atoms with van der Waals surface area (Å²) >= 11 is 0. The van der Waals surface area contributed by atoms with Crippen LogP contribution in [0.3, 0.4) is 0 Å². The van der Waals surface area contributed by atoms with Gasteiger partial charge in [0.15, 0.2) is 0 Å². The van der Waals surface area contributed by atoms with Crippen LogP contribution in [-0.4, -0.2) is 61.3 Å². The molecule has 0 saturated heterocycles. The van der Waals surface area contributed by atoms with E-state index in [1.165, 1.54) is 72.8 Å². The number of hydrogen-bond acceptors (Lipinski definition) is 12. The Kier molecular flexibility index (Phi) is 9.19. The van der Waals surface area contributed by atoms with Gasteiger partial charge in [0.25, 0.3) is 0 Å². The first-order valence-electron chi connectivity index (χ1n) is 23.8. The molecule has 0 spiro atoms. The number of phenolic OH excluding ortho intramolecular Hbond substituents is 12. The van der Waals surface area contributed by atoms with Gasteiger partial charge in [0.2, 0.25) is 0 Å². The van der Waals surface area contributed by atoms with E-state index in [-0.39, 0.29) is 67.9 Å². The van der Waals surface area contributed by atoms with Crippen LogP contribution in [0.5, 0.6) is 69.0 Å². The van der Waals surface area contributed by atoms with Gasteiger partial charge in [-0.15, -0.1) is 0 Å². The van der Waals surface area contributed by atoms with Crippen molar-refractivity contribution in [2.75, 3.05) is 0 Å². The van der Waals surface area contributed by atoms with Gasteiger partial charge in [-0.2, -0.15) is 0 Å². The summed E-state index contributed by atoms with van der Waals surface area (Å²) in [4.78, 5) is 0. The maximum Gasteiger partial charge on any atom is 0.124 e. The molecule has 0 bridgehead atoms. The summed E-state index contributed by atoms with van der Waals surface area (Å²) in [5.74, 6) is -4.04. The lowest BCUT2D eigenvalue weighted by Crippen LogP contribution is -2.34. The predicted molar refractivity (Wildman–Crippen MR) is 278 cm³/mol. The van der Waals surface area contributed by atoms with Gasteiger partial charge in [0.05, 0.1) is 16.2 Å². The predicted octanol–water partition coefficient (Wildman–Crippen LogP) is 11.2. The van der Waals surface area contributed by atoms with Gasteiger partial charge in [-0.25, -0.2) is 0 Å². The van der Waals surface area contributed by atoms with Crippen LogP contribution in [0.2, 0.25) is 0 Å². The molecule has 0 unspecified atom stereocenters. The molecule has 366 valence electrons. The Hall–Kier alpha value is -10.2. The minimum absolute atomic E-state index is 0.158. The molecule has 0 fully saturated rings. The molecule has 0 atom stereocenters. The number of rotatable bonds is 6. The zero-order chi connectivity index (χ0) is 52.0. The van der Waals surface area contributed by atoms with E-state index in [2.05, 4.69) is 0 Å². The Morgan fingerprint density at radius 2 is 0.387 bits per heavy atom. The van der Waals surface area contributed by atoms with Crippen LogP contribution >= 0.6 is 0 Å². The molecule has 0 aromatic heterocycles. The fourth-order valence-electron chi connectivity index (χ4n) is 13.3. The summed E-state index contributed by atoms with van der Waals surface area (Å²) in [5.41, 5.74) is 0.973. The lowest BCUT2D eigenvalue weighted by atomic mass is 9.60. The van der Waals surface area contributed by atoms with Crippen molar-refractivity contribution in [1.82, 2.24) is 0 Å². The highest BCUT2D eigenvalue weighted by atomic mass is 16.3. The van der Waals surface area contributed by atoms with Crippen molar-refractivity contribution < 1.29 is 61.3 Å². The first-order chi connectivity index (χ1) is 36.1. The van der Waals surface area contributed by atoms with E-state index in [1.54, 1.807) is 54.6 Å². The average Bonchev–Trinajstić information content (AvgIpc) is 4.11. The Morgan fingerprint density at radius 1 is 0.200 bits per heavy atom. The molecule has 0 saturated carbocycles. The lowest BCUT2D eigenvalue weighted by molar-refractivity contribution is 0.431. The molecule has 12 heteroatoms. The zero-order valence-electron chi connectivity index (χ0n) is 39.2. The van der Waals surface area contributed by atoms with Gasteiger partial charge in [0.1, 0.15) is 69.0 Å². The summed E-state index contributed by atoms with van der Waals surface area (Å²) in [6.45, 7) is 0. The molecular weight excluding hydrogens is 949 g/mol. The van der Waals surface area contributed by atoms with Crippen LogP contribution in [0, 0.1) is 0 Å². The van der Waals surface area contributed by atoms with E-state index in [1.807, 2.05) is 54.6 Å². The molecule has 3 aliphatic rings. The number of fused-ring (bicyclic) bond motifs is 12. The number of benzene rings is 10. The largest absolute Gasteiger partial charge is 0.508 e. The third-order valence-electron chi connectivity index (χ3n) is 15.7. The second-order valence-electron chi connectivity index (χ2n) is 19.3. The lowest BCUT2D eigenvalue weighted by Gasteiger charge is -2.40. The van der Waals surface area contributed by atoms with E-state index in [0.29, 0.717) is 66.8 Å². The maximum absolute atomic E-state index is 12.6. The molecule has 10 aromatic carbocycles.